The summed E-state index contributed by atoms with van der Waals surface area (Å²) in [6.45, 7) is 3.77. The summed E-state index contributed by atoms with van der Waals surface area (Å²) in [5.74, 6) is 0.146. The second kappa shape index (κ2) is 3.95. The molecule has 0 aromatic heterocycles. The van der Waals surface area contributed by atoms with Crippen LogP contribution in [0.15, 0.2) is 0 Å². The third kappa shape index (κ3) is 2.39. The lowest BCUT2D eigenvalue weighted by molar-refractivity contribution is -0.140. The molecule has 15 heavy (non-hydrogen) atoms. The van der Waals surface area contributed by atoms with E-state index in [1.807, 2.05) is 4.90 Å². The van der Waals surface area contributed by atoms with Crippen molar-refractivity contribution in [3.63, 3.8) is 0 Å². The van der Waals surface area contributed by atoms with Crippen LogP contribution < -0.4 is 0 Å². The van der Waals surface area contributed by atoms with Gasteiger partial charge < -0.3 is 4.90 Å². The first-order valence-electron chi connectivity index (χ1n) is 5.89. The molecule has 84 valence electrons. The highest BCUT2D eigenvalue weighted by atomic mass is 16.2. The van der Waals surface area contributed by atoms with Crippen molar-refractivity contribution in [2.75, 3.05) is 13.1 Å². The van der Waals surface area contributed by atoms with Crippen LogP contribution in [0.2, 0.25) is 0 Å². The number of rotatable bonds is 2. The molecule has 0 spiro atoms. The standard InChI is InChI=1S/C12H19NO2/c1-12(5-2-3-6-12)9-13-7-4-10(14)8-11(13)15/h2-9H2,1H3. The van der Waals surface area contributed by atoms with Gasteiger partial charge in [-0.2, -0.15) is 0 Å². The molecule has 1 heterocycles. The lowest BCUT2D eigenvalue weighted by atomic mass is 9.87. The van der Waals surface area contributed by atoms with Gasteiger partial charge in [0, 0.05) is 19.5 Å². The van der Waals surface area contributed by atoms with Gasteiger partial charge in [0.05, 0.1) is 6.42 Å². The predicted molar refractivity (Wildman–Crippen MR) is 57.4 cm³/mol. The highest BCUT2D eigenvalue weighted by Crippen LogP contribution is 2.38. The molecule has 0 atom stereocenters. The summed E-state index contributed by atoms with van der Waals surface area (Å²) in [5.41, 5.74) is 0.316. The van der Waals surface area contributed by atoms with E-state index >= 15 is 0 Å². The van der Waals surface area contributed by atoms with E-state index in [1.165, 1.54) is 25.7 Å². The molecule has 1 saturated carbocycles. The van der Waals surface area contributed by atoms with Crippen molar-refractivity contribution in [1.82, 2.24) is 4.90 Å². The first kappa shape index (κ1) is 10.7. The number of hydrogen-bond donors (Lipinski definition) is 0. The molecule has 1 aliphatic carbocycles. The first-order valence-corrected chi connectivity index (χ1v) is 5.89. The van der Waals surface area contributed by atoms with Gasteiger partial charge in [-0.3, -0.25) is 9.59 Å². The zero-order valence-corrected chi connectivity index (χ0v) is 9.42. The summed E-state index contributed by atoms with van der Waals surface area (Å²) in [4.78, 5) is 24.6. The monoisotopic (exact) mass is 209 g/mol. The van der Waals surface area contributed by atoms with Crippen molar-refractivity contribution >= 4 is 11.7 Å². The molecular weight excluding hydrogens is 190 g/mol. The zero-order valence-electron chi connectivity index (χ0n) is 9.42. The van der Waals surface area contributed by atoms with E-state index in [4.69, 9.17) is 0 Å². The number of amides is 1. The van der Waals surface area contributed by atoms with Gasteiger partial charge >= 0.3 is 0 Å². The molecule has 3 nitrogen and oxygen atoms in total. The molecule has 0 radical (unpaired) electrons. The highest BCUT2D eigenvalue weighted by Gasteiger charge is 2.34. The van der Waals surface area contributed by atoms with E-state index in [9.17, 15) is 9.59 Å². The Balaban J connectivity index is 1.94. The van der Waals surface area contributed by atoms with Gasteiger partial charge in [-0.1, -0.05) is 19.8 Å². The quantitative estimate of drug-likeness (QED) is 0.650. The zero-order chi connectivity index (χ0) is 10.9. The van der Waals surface area contributed by atoms with Crippen molar-refractivity contribution in [3.8, 4) is 0 Å². The Labute approximate surface area is 90.8 Å². The average molecular weight is 209 g/mol. The molecule has 1 amide bonds. The molecule has 0 N–H and O–H groups in total. The molecule has 2 fully saturated rings. The number of carbonyl (C=O) groups excluding carboxylic acids is 2. The Morgan fingerprint density at radius 1 is 1.27 bits per heavy atom. The average Bonchev–Trinajstić information content (AvgIpc) is 2.58. The van der Waals surface area contributed by atoms with Gasteiger partial charge in [-0.05, 0) is 18.3 Å². The van der Waals surface area contributed by atoms with Crippen LogP contribution in [-0.4, -0.2) is 29.7 Å². The molecule has 0 aromatic carbocycles. The van der Waals surface area contributed by atoms with Crippen molar-refractivity contribution < 1.29 is 9.59 Å². The van der Waals surface area contributed by atoms with Crippen LogP contribution in [0.1, 0.15) is 45.4 Å². The van der Waals surface area contributed by atoms with Gasteiger partial charge in [0.2, 0.25) is 5.91 Å². The third-order valence-electron chi connectivity index (χ3n) is 3.74. The smallest absolute Gasteiger partial charge is 0.230 e. The van der Waals surface area contributed by atoms with Crippen molar-refractivity contribution in [1.29, 1.82) is 0 Å². The normalized spacial score (nSPS) is 26.1. The van der Waals surface area contributed by atoms with E-state index < -0.39 is 0 Å². The van der Waals surface area contributed by atoms with Crippen LogP contribution in [0.25, 0.3) is 0 Å². The molecule has 1 saturated heterocycles. The number of nitrogens with zero attached hydrogens (tertiary/aromatic N) is 1. The summed E-state index contributed by atoms with van der Waals surface area (Å²) < 4.78 is 0. The van der Waals surface area contributed by atoms with E-state index in [1.54, 1.807) is 0 Å². The maximum absolute atomic E-state index is 11.6. The van der Waals surface area contributed by atoms with E-state index in [0.29, 0.717) is 18.4 Å². The lowest BCUT2D eigenvalue weighted by Crippen LogP contribution is -2.44. The van der Waals surface area contributed by atoms with Crippen molar-refractivity contribution in [3.05, 3.63) is 0 Å². The number of hydrogen-bond acceptors (Lipinski definition) is 2. The predicted octanol–water partition coefficient (Wildman–Crippen LogP) is 1.76. The number of ketones is 1. The SMILES string of the molecule is CC1(CN2CCC(=O)CC2=O)CCCC1. The van der Waals surface area contributed by atoms with Crippen LogP contribution in [0.3, 0.4) is 0 Å². The minimum Gasteiger partial charge on any atom is -0.341 e. The minimum atomic E-state index is 0.0411. The van der Waals surface area contributed by atoms with Gasteiger partial charge in [-0.25, -0.2) is 0 Å². The molecule has 2 rings (SSSR count). The topological polar surface area (TPSA) is 37.4 Å². The summed E-state index contributed by atoms with van der Waals surface area (Å²) in [7, 11) is 0. The fraction of sp³-hybridized carbons (Fsp3) is 0.833. The van der Waals surface area contributed by atoms with Crippen LogP contribution >= 0.6 is 0 Å². The van der Waals surface area contributed by atoms with Crippen LogP contribution in [0.4, 0.5) is 0 Å². The summed E-state index contributed by atoms with van der Waals surface area (Å²) >= 11 is 0. The fourth-order valence-electron chi connectivity index (χ4n) is 2.77. The summed E-state index contributed by atoms with van der Waals surface area (Å²) in [6.07, 6.45) is 5.72. The number of piperidine rings is 1. The second-order valence-electron chi connectivity index (χ2n) is 5.30. The Hall–Kier alpha value is -0.860. The Morgan fingerprint density at radius 3 is 2.53 bits per heavy atom. The summed E-state index contributed by atoms with van der Waals surface area (Å²) in [6, 6.07) is 0. The number of Topliss-reactive ketones (excluding diaryl/α,β-unsaturated/α-hetero) is 1. The maximum Gasteiger partial charge on any atom is 0.230 e. The molecule has 0 unspecified atom stereocenters. The molecule has 3 heteroatoms. The van der Waals surface area contributed by atoms with E-state index in [2.05, 4.69) is 6.92 Å². The molecule has 1 aliphatic heterocycles. The van der Waals surface area contributed by atoms with Gasteiger partial charge in [-0.15, -0.1) is 0 Å². The lowest BCUT2D eigenvalue weighted by Gasteiger charge is -2.34. The second-order valence-corrected chi connectivity index (χ2v) is 5.30. The van der Waals surface area contributed by atoms with Gasteiger partial charge in [0.1, 0.15) is 5.78 Å². The molecule has 2 aliphatic rings. The largest absolute Gasteiger partial charge is 0.341 e. The number of likely N-dealkylation sites (tertiary alicyclic amines) is 1. The van der Waals surface area contributed by atoms with Crippen LogP contribution in [0, 0.1) is 5.41 Å². The Morgan fingerprint density at radius 2 is 1.93 bits per heavy atom. The van der Waals surface area contributed by atoms with Crippen molar-refractivity contribution in [2.24, 2.45) is 5.41 Å². The Kier molecular flexibility index (Phi) is 2.81. The first-order chi connectivity index (χ1) is 7.09. The minimum absolute atomic E-state index is 0.0411. The van der Waals surface area contributed by atoms with Crippen LogP contribution in [0.5, 0.6) is 0 Å². The third-order valence-corrected chi connectivity index (χ3v) is 3.74. The summed E-state index contributed by atoms with van der Waals surface area (Å²) in [5, 5.41) is 0. The number of carbonyl (C=O) groups is 2. The van der Waals surface area contributed by atoms with E-state index in [-0.39, 0.29) is 18.1 Å². The molecule has 0 aromatic rings. The Bertz CT molecular complexity index is 279. The maximum atomic E-state index is 11.6. The highest BCUT2D eigenvalue weighted by molar-refractivity contribution is 6.00. The van der Waals surface area contributed by atoms with Crippen molar-refractivity contribution in [2.45, 2.75) is 45.4 Å². The molecular formula is C12H19NO2. The fourth-order valence-corrected chi connectivity index (χ4v) is 2.77. The van der Waals surface area contributed by atoms with E-state index in [0.717, 1.165) is 6.54 Å². The van der Waals surface area contributed by atoms with Crippen LogP contribution in [-0.2, 0) is 9.59 Å². The molecule has 0 bridgehead atoms. The van der Waals surface area contributed by atoms with Gasteiger partial charge in [0.15, 0.2) is 0 Å². The van der Waals surface area contributed by atoms with Gasteiger partial charge in [0.25, 0.3) is 0 Å².